The van der Waals surface area contributed by atoms with Gasteiger partial charge in [-0.2, -0.15) is 0 Å². The van der Waals surface area contributed by atoms with Crippen LogP contribution in [0, 0.1) is 17.3 Å². The number of carbonyl (C=O) groups is 2. The molecule has 0 spiro atoms. The highest BCUT2D eigenvalue weighted by atomic mass is 16.6. The number of aliphatic hydroxyl groups excluding tert-OH is 2. The highest BCUT2D eigenvalue weighted by Crippen LogP contribution is 2.62. The molecule has 3 aliphatic rings. The van der Waals surface area contributed by atoms with E-state index in [1.54, 1.807) is 27.7 Å². The lowest BCUT2D eigenvalue weighted by atomic mass is 9.61. The predicted molar refractivity (Wildman–Crippen MR) is 141 cm³/mol. The number of hydrogen-bond acceptors (Lipinski definition) is 6. The molecular weight excluding hydrogens is 456 g/mol. The Hall–Kier alpha value is -2.18. The van der Waals surface area contributed by atoms with Crippen molar-refractivity contribution in [2.75, 3.05) is 0 Å². The Morgan fingerprint density at radius 1 is 1.08 bits per heavy atom. The van der Waals surface area contributed by atoms with Crippen LogP contribution in [0.1, 0.15) is 94.4 Å². The van der Waals surface area contributed by atoms with E-state index in [1.165, 1.54) is 0 Å². The van der Waals surface area contributed by atoms with Gasteiger partial charge in [-0.1, -0.05) is 37.1 Å². The average Bonchev–Trinajstić information content (AvgIpc) is 3.25. The van der Waals surface area contributed by atoms with Crippen molar-refractivity contribution >= 4 is 11.6 Å². The Balaban J connectivity index is 2.33. The molecule has 2 heterocycles. The molecule has 6 nitrogen and oxygen atoms in total. The van der Waals surface area contributed by atoms with Crippen LogP contribution in [-0.4, -0.2) is 43.7 Å². The van der Waals surface area contributed by atoms with Crippen LogP contribution >= 0.6 is 0 Å². The summed E-state index contributed by atoms with van der Waals surface area (Å²) in [5.41, 5.74) is -2.19. The first-order valence-electron chi connectivity index (χ1n) is 13.1. The molecule has 0 unspecified atom stereocenters. The summed E-state index contributed by atoms with van der Waals surface area (Å²) in [5.74, 6) is -2.59. The second-order valence-corrected chi connectivity index (χ2v) is 12.6. The highest BCUT2D eigenvalue weighted by molar-refractivity contribution is 6.24. The number of Topliss-reactive ketones (excluding diaryl/α,β-unsaturated/α-hetero) is 2. The fraction of sp³-hybridized carbons (Fsp3) is 0.667. The average molecular weight is 501 g/mol. The van der Waals surface area contributed by atoms with E-state index in [4.69, 9.17) is 4.74 Å². The summed E-state index contributed by atoms with van der Waals surface area (Å²) in [5, 5.41) is 34.5. The third-order valence-corrected chi connectivity index (χ3v) is 8.54. The molecule has 0 aromatic rings. The van der Waals surface area contributed by atoms with E-state index < -0.39 is 51.4 Å². The van der Waals surface area contributed by atoms with Gasteiger partial charge in [0.05, 0.1) is 22.2 Å². The van der Waals surface area contributed by atoms with Gasteiger partial charge in [0.25, 0.3) is 0 Å². The van der Waals surface area contributed by atoms with Crippen molar-refractivity contribution in [3.05, 3.63) is 46.0 Å². The monoisotopic (exact) mass is 500 g/mol. The van der Waals surface area contributed by atoms with E-state index in [1.807, 2.05) is 46.8 Å². The number of fused-ring (bicyclic) bond motifs is 2. The van der Waals surface area contributed by atoms with Crippen molar-refractivity contribution in [1.29, 1.82) is 0 Å². The normalized spacial score (nSPS) is 29.8. The van der Waals surface area contributed by atoms with Crippen LogP contribution in [0.2, 0.25) is 0 Å². The summed E-state index contributed by atoms with van der Waals surface area (Å²) in [6, 6.07) is 0. The van der Waals surface area contributed by atoms with E-state index in [0.717, 1.165) is 11.1 Å². The Labute approximate surface area is 215 Å². The lowest BCUT2D eigenvalue weighted by Crippen LogP contribution is -2.49. The minimum atomic E-state index is -1.41. The molecule has 0 aromatic carbocycles. The Bertz CT molecular complexity index is 1050. The van der Waals surface area contributed by atoms with E-state index in [-0.39, 0.29) is 29.7 Å². The first kappa shape index (κ1) is 28.4. The molecule has 1 aliphatic carbocycles. The van der Waals surface area contributed by atoms with Gasteiger partial charge in [0.1, 0.15) is 17.1 Å². The molecule has 0 radical (unpaired) electrons. The minimum absolute atomic E-state index is 0.187. The highest BCUT2D eigenvalue weighted by Gasteiger charge is 2.66. The zero-order valence-electron chi connectivity index (χ0n) is 23.4. The molecule has 0 aromatic heterocycles. The number of rotatable bonds is 8. The summed E-state index contributed by atoms with van der Waals surface area (Å²) in [6.07, 6.45) is 5.87. The van der Waals surface area contributed by atoms with Gasteiger partial charge in [0.15, 0.2) is 11.6 Å². The van der Waals surface area contributed by atoms with Crippen LogP contribution in [0.25, 0.3) is 0 Å². The van der Waals surface area contributed by atoms with Gasteiger partial charge in [-0.05, 0) is 80.6 Å². The van der Waals surface area contributed by atoms with Crippen LogP contribution in [0.5, 0.6) is 0 Å². The van der Waals surface area contributed by atoms with Crippen LogP contribution < -0.4 is 0 Å². The van der Waals surface area contributed by atoms with Gasteiger partial charge in [0.2, 0.25) is 0 Å². The first-order chi connectivity index (χ1) is 16.4. The molecule has 0 saturated carbocycles. The maximum atomic E-state index is 14.1. The minimum Gasteiger partial charge on any atom is -0.511 e. The molecule has 0 amide bonds. The molecule has 6 heteroatoms. The third-order valence-electron chi connectivity index (χ3n) is 8.54. The summed E-state index contributed by atoms with van der Waals surface area (Å²) < 4.78 is 6.49. The van der Waals surface area contributed by atoms with Crippen LogP contribution in [-0.2, 0) is 14.3 Å². The van der Waals surface area contributed by atoms with Gasteiger partial charge in [-0.25, -0.2) is 0 Å². The summed E-state index contributed by atoms with van der Waals surface area (Å²) in [7, 11) is 0. The van der Waals surface area contributed by atoms with Crippen molar-refractivity contribution in [3.8, 4) is 0 Å². The topological polar surface area (TPSA) is 104 Å². The Morgan fingerprint density at radius 3 is 2.03 bits per heavy atom. The Kier molecular flexibility index (Phi) is 7.32. The second kappa shape index (κ2) is 9.29. The zero-order valence-corrected chi connectivity index (χ0v) is 23.4. The quantitative estimate of drug-likeness (QED) is 0.270. The predicted octanol–water partition coefficient (Wildman–Crippen LogP) is 6.22. The molecular formula is C30H44O6. The lowest BCUT2D eigenvalue weighted by Gasteiger charge is -2.41. The number of aliphatic hydroxyl groups is 3. The van der Waals surface area contributed by atoms with Gasteiger partial charge < -0.3 is 20.1 Å². The largest absolute Gasteiger partial charge is 0.511 e. The standard InChI is InChI=1S/C30H44O6/c1-17(2)10-12-29(13-11-18(3)4)25(33)21(24(32)22(26(29)34)23(31)19(5)6)20-16-30(27(7,8)35)15-14-28(20,9)36-30/h10-11,19-20,32-33,35H,12-16H2,1-9H3/t20-,28-,30+/m1/s1. The molecule has 36 heavy (non-hydrogen) atoms. The van der Waals surface area contributed by atoms with Crippen molar-refractivity contribution in [2.45, 2.75) is 111 Å². The molecule has 2 saturated heterocycles. The Morgan fingerprint density at radius 2 is 1.61 bits per heavy atom. The van der Waals surface area contributed by atoms with E-state index >= 15 is 0 Å². The molecule has 3 atom stereocenters. The number of carbonyl (C=O) groups excluding carboxylic acids is 2. The number of hydrogen-bond donors (Lipinski definition) is 3. The van der Waals surface area contributed by atoms with Gasteiger partial charge in [-0.3, -0.25) is 9.59 Å². The van der Waals surface area contributed by atoms with Gasteiger partial charge in [-0.15, -0.1) is 0 Å². The molecule has 3 N–H and O–H groups in total. The van der Waals surface area contributed by atoms with Gasteiger partial charge in [0, 0.05) is 17.4 Å². The summed E-state index contributed by atoms with van der Waals surface area (Å²) in [6.45, 7) is 16.5. The van der Waals surface area contributed by atoms with Crippen LogP contribution in [0.3, 0.4) is 0 Å². The van der Waals surface area contributed by atoms with Crippen LogP contribution in [0.4, 0.5) is 0 Å². The van der Waals surface area contributed by atoms with Crippen molar-refractivity contribution < 1.29 is 29.6 Å². The van der Waals surface area contributed by atoms with Crippen molar-refractivity contribution in [1.82, 2.24) is 0 Å². The summed E-state index contributed by atoms with van der Waals surface area (Å²) >= 11 is 0. The maximum absolute atomic E-state index is 14.1. The third kappa shape index (κ3) is 4.41. The number of ether oxygens (including phenoxy) is 1. The van der Waals surface area contributed by atoms with E-state index in [2.05, 4.69) is 0 Å². The summed E-state index contributed by atoms with van der Waals surface area (Å²) in [4.78, 5) is 27.5. The second-order valence-electron chi connectivity index (χ2n) is 12.6. The van der Waals surface area contributed by atoms with Gasteiger partial charge >= 0.3 is 0 Å². The van der Waals surface area contributed by atoms with E-state index in [0.29, 0.717) is 19.3 Å². The molecule has 2 aliphatic heterocycles. The number of allylic oxidation sites excluding steroid dienone is 7. The molecule has 200 valence electrons. The first-order valence-corrected chi connectivity index (χ1v) is 13.1. The molecule has 2 bridgehead atoms. The fourth-order valence-corrected chi connectivity index (χ4v) is 6.05. The van der Waals surface area contributed by atoms with Crippen molar-refractivity contribution in [2.24, 2.45) is 17.3 Å². The zero-order chi connectivity index (χ0) is 27.4. The fourth-order valence-electron chi connectivity index (χ4n) is 6.05. The SMILES string of the molecule is CC(C)=CCC1(CC=C(C)C)C(=O)C(C(=O)C(C)C)=C(O)C([C@H]2C[C@]3(C(C)(C)O)CC[C@@]2(C)O3)=C1O. The maximum Gasteiger partial charge on any atom is 0.184 e. The molecule has 2 fully saturated rings. The van der Waals surface area contributed by atoms with Crippen molar-refractivity contribution in [3.63, 3.8) is 0 Å². The lowest BCUT2D eigenvalue weighted by molar-refractivity contribution is -0.149. The van der Waals surface area contributed by atoms with Crippen LogP contribution in [0.15, 0.2) is 46.0 Å². The number of ketones is 2. The molecule has 3 rings (SSSR count). The smallest absolute Gasteiger partial charge is 0.184 e. The van der Waals surface area contributed by atoms with E-state index in [9.17, 15) is 24.9 Å².